The number of hydrogen-bond acceptors (Lipinski definition) is 5. The molecule has 0 aliphatic heterocycles. The maximum atomic E-state index is 11.7. The van der Waals surface area contributed by atoms with E-state index in [-0.39, 0.29) is 5.69 Å². The highest BCUT2D eigenvalue weighted by Crippen LogP contribution is 2.21. The molecule has 0 unspecified atom stereocenters. The van der Waals surface area contributed by atoms with Crippen molar-refractivity contribution in [2.75, 3.05) is 0 Å². The first kappa shape index (κ1) is 13.0. The quantitative estimate of drug-likeness (QED) is 0.304. The number of benzene rings is 2. The molecule has 2 rings (SSSR count). The Kier molecular flexibility index (Phi) is 3.76. The molecule has 0 fully saturated rings. The van der Waals surface area contributed by atoms with Crippen LogP contribution in [0.3, 0.4) is 0 Å². The zero-order valence-electron chi connectivity index (χ0n) is 9.63. The molecule has 0 bridgehead atoms. The number of rotatable bonds is 3. The zero-order valence-corrected chi connectivity index (χ0v) is 10.5. The van der Waals surface area contributed by atoms with Crippen molar-refractivity contribution in [3.05, 3.63) is 63.9 Å². The van der Waals surface area contributed by atoms with Crippen molar-refractivity contribution in [1.82, 2.24) is 0 Å². The van der Waals surface area contributed by atoms with Gasteiger partial charge < -0.3 is 5.21 Å². The summed E-state index contributed by atoms with van der Waals surface area (Å²) in [5.74, 6) is 0. The predicted molar refractivity (Wildman–Crippen MR) is 72.2 cm³/mol. The van der Waals surface area contributed by atoms with E-state index >= 15 is 0 Å². The molecule has 0 spiro atoms. The van der Waals surface area contributed by atoms with Gasteiger partial charge in [-0.25, -0.2) is 0 Å². The number of nitro groups is 1. The van der Waals surface area contributed by atoms with Gasteiger partial charge >= 0.3 is 0 Å². The molecule has 0 saturated heterocycles. The second-order valence-corrected chi connectivity index (χ2v) is 4.18. The third-order valence-electron chi connectivity index (χ3n) is 2.34. The molecule has 0 aliphatic rings. The minimum absolute atomic E-state index is 0.0455. The van der Waals surface area contributed by atoms with Gasteiger partial charge in [-0.05, 0) is 24.3 Å². The van der Waals surface area contributed by atoms with Gasteiger partial charge in [0, 0.05) is 34.3 Å². The van der Waals surface area contributed by atoms with E-state index in [0.29, 0.717) is 16.2 Å². The van der Waals surface area contributed by atoms with Crippen molar-refractivity contribution < 1.29 is 9.78 Å². The van der Waals surface area contributed by atoms with E-state index in [1.807, 2.05) is 0 Å². The number of nitro benzene ring substituents is 1. The molecule has 0 aliphatic carbocycles. The molecular formula is C12H9N3O3S. The van der Waals surface area contributed by atoms with Crippen molar-refractivity contribution in [3.8, 4) is 0 Å². The Bertz CT molecular complexity index is 624. The predicted octanol–water partition coefficient (Wildman–Crippen LogP) is 3.81. The van der Waals surface area contributed by atoms with Crippen LogP contribution < -0.4 is 0 Å². The van der Waals surface area contributed by atoms with Crippen LogP contribution in [-0.4, -0.2) is 9.78 Å². The standard InChI is InChI=1S/C12H9N3O3S/c16-14(10-5-7-12(19)8-6-10)13-9-1-3-11(4-2-9)15(17)18/h1-8,19H. The first-order valence-corrected chi connectivity index (χ1v) is 5.73. The van der Waals surface area contributed by atoms with Gasteiger partial charge in [-0.1, -0.05) is 4.86 Å². The van der Waals surface area contributed by atoms with Crippen LogP contribution in [0, 0.1) is 15.3 Å². The molecule has 0 N–H and O–H groups in total. The van der Waals surface area contributed by atoms with E-state index in [1.165, 1.54) is 24.3 Å². The second-order valence-electron chi connectivity index (χ2n) is 3.66. The molecule has 0 atom stereocenters. The molecule has 0 radical (unpaired) electrons. The van der Waals surface area contributed by atoms with Crippen molar-refractivity contribution in [2.24, 2.45) is 5.11 Å². The smallest absolute Gasteiger partial charge is 0.269 e. The first-order chi connectivity index (χ1) is 9.06. The van der Waals surface area contributed by atoms with Gasteiger partial charge in [-0.2, -0.15) is 0 Å². The average molecular weight is 275 g/mol. The minimum atomic E-state index is -0.510. The molecule has 0 amide bonds. The van der Waals surface area contributed by atoms with Crippen LogP contribution in [0.1, 0.15) is 0 Å². The molecule has 0 heterocycles. The van der Waals surface area contributed by atoms with Gasteiger partial charge in [0.2, 0.25) is 5.69 Å². The SMILES string of the molecule is O=[N+]([O-])c1ccc(N=[N+]([O-])c2ccc(S)cc2)cc1. The van der Waals surface area contributed by atoms with Crippen LogP contribution in [0.5, 0.6) is 0 Å². The lowest BCUT2D eigenvalue weighted by Crippen LogP contribution is -1.90. The van der Waals surface area contributed by atoms with Crippen LogP contribution in [0.15, 0.2) is 58.5 Å². The Morgan fingerprint density at radius 3 is 1.95 bits per heavy atom. The number of thiol groups is 1. The Morgan fingerprint density at radius 1 is 0.895 bits per heavy atom. The fraction of sp³-hybridized carbons (Fsp3) is 0. The lowest BCUT2D eigenvalue weighted by Gasteiger charge is -1.99. The van der Waals surface area contributed by atoms with E-state index in [0.717, 1.165) is 4.90 Å². The monoisotopic (exact) mass is 275 g/mol. The van der Waals surface area contributed by atoms with Crippen molar-refractivity contribution in [1.29, 1.82) is 0 Å². The molecule has 0 aromatic heterocycles. The fourth-order valence-electron chi connectivity index (χ4n) is 1.38. The van der Waals surface area contributed by atoms with E-state index in [2.05, 4.69) is 17.7 Å². The summed E-state index contributed by atoms with van der Waals surface area (Å²) in [6.07, 6.45) is 0. The van der Waals surface area contributed by atoms with Crippen LogP contribution in [0.4, 0.5) is 17.1 Å². The maximum absolute atomic E-state index is 11.7. The topological polar surface area (TPSA) is 81.6 Å². The van der Waals surface area contributed by atoms with Gasteiger partial charge in [0.25, 0.3) is 5.69 Å². The van der Waals surface area contributed by atoms with Gasteiger partial charge in [-0.15, -0.1) is 12.6 Å². The molecule has 2 aromatic rings. The third-order valence-corrected chi connectivity index (χ3v) is 2.64. The molecule has 19 heavy (non-hydrogen) atoms. The summed E-state index contributed by atoms with van der Waals surface area (Å²) in [7, 11) is 0. The number of hydrogen-bond donors (Lipinski definition) is 1. The average Bonchev–Trinajstić information content (AvgIpc) is 2.40. The van der Waals surface area contributed by atoms with Gasteiger partial charge in [0.1, 0.15) is 5.69 Å². The molecular weight excluding hydrogens is 266 g/mol. The summed E-state index contributed by atoms with van der Waals surface area (Å²) in [6, 6.07) is 11.9. The largest absolute Gasteiger partial charge is 0.594 e. The van der Waals surface area contributed by atoms with E-state index in [9.17, 15) is 15.3 Å². The summed E-state index contributed by atoms with van der Waals surface area (Å²) in [5.41, 5.74) is 0.655. The van der Waals surface area contributed by atoms with E-state index in [1.54, 1.807) is 24.3 Å². The highest BCUT2D eigenvalue weighted by molar-refractivity contribution is 7.80. The van der Waals surface area contributed by atoms with Crippen LogP contribution in [0.2, 0.25) is 0 Å². The molecule has 7 heteroatoms. The van der Waals surface area contributed by atoms with Gasteiger partial charge in [0.05, 0.1) is 4.92 Å². The summed E-state index contributed by atoms with van der Waals surface area (Å²) < 4.78 is 0. The lowest BCUT2D eigenvalue weighted by molar-refractivity contribution is -0.435. The number of nitrogens with zero attached hydrogens (tertiary/aromatic N) is 3. The van der Waals surface area contributed by atoms with Crippen molar-refractivity contribution in [3.63, 3.8) is 0 Å². The zero-order chi connectivity index (χ0) is 13.8. The summed E-state index contributed by atoms with van der Waals surface area (Å²) in [5, 5.41) is 26.0. The molecule has 2 aromatic carbocycles. The summed E-state index contributed by atoms with van der Waals surface area (Å²) in [6.45, 7) is 0. The maximum Gasteiger partial charge on any atom is 0.269 e. The highest BCUT2D eigenvalue weighted by atomic mass is 32.1. The summed E-state index contributed by atoms with van der Waals surface area (Å²) in [4.78, 5) is 11.2. The van der Waals surface area contributed by atoms with Crippen LogP contribution >= 0.6 is 12.6 Å². The Labute approximate surface area is 114 Å². The third kappa shape index (κ3) is 3.29. The normalized spacial score (nSPS) is 11.3. The number of azo groups is 1. The second kappa shape index (κ2) is 5.49. The molecule has 96 valence electrons. The Hall–Kier alpha value is -2.41. The van der Waals surface area contributed by atoms with Crippen molar-refractivity contribution in [2.45, 2.75) is 4.90 Å². The molecule has 0 saturated carbocycles. The first-order valence-electron chi connectivity index (χ1n) is 5.28. The van der Waals surface area contributed by atoms with Gasteiger partial charge in [-0.3, -0.25) is 10.1 Å². The van der Waals surface area contributed by atoms with E-state index in [4.69, 9.17) is 0 Å². The number of non-ortho nitro benzene ring substituents is 1. The highest BCUT2D eigenvalue weighted by Gasteiger charge is 2.06. The van der Waals surface area contributed by atoms with Crippen molar-refractivity contribution >= 4 is 29.7 Å². The van der Waals surface area contributed by atoms with Gasteiger partial charge in [0.15, 0.2) is 0 Å². The fourth-order valence-corrected chi connectivity index (χ4v) is 1.53. The molecule has 6 nitrogen and oxygen atoms in total. The Morgan fingerprint density at radius 2 is 1.42 bits per heavy atom. The van der Waals surface area contributed by atoms with E-state index < -0.39 is 4.92 Å². The lowest BCUT2D eigenvalue weighted by atomic mass is 10.3. The minimum Gasteiger partial charge on any atom is -0.594 e. The summed E-state index contributed by atoms with van der Waals surface area (Å²) >= 11 is 4.11. The van der Waals surface area contributed by atoms with Crippen LogP contribution in [-0.2, 0) is 0 Å². The van der Waals surface area contributed by atoms with Crippen LogP contribution in [0.25, 0.3) is 0 Å². The Balaban J connectivity index is 2.25.